The highest BCUT2D eigenvalue weighted by Gasteiger charge is 2.16. The maximum atomic E-state index is 12.2. The molecule has 3 nitrogen and oxygen atoms in total. The van der Waals surface area contributed by atoms with Crippen molar-refractivity contribution in [1.29, 1.82) is 0 Å². The van der Waals surface area contributed by atoms with E-state index in [1.165, 1.54) is 11.3 Å². The van der Waals surface area contributed by atoms with E-state index in [0.717, 1.165) is 20.1 Å². The number of benzene rings is 2. The molecule has 0 saturated heterocycles. The SMILES string of the molecule is O=S(=O)(NCc1cccc2ccccc12)c1ccc(Br)s1. The third-order valence-electron chi connectivity index (χ3n) is 3.15. The van der Waals surface area contributed by atoms with E-state index in [9.17, 15) is 8.42 Å². The van der Waals surface area contributed by atoms with Crippen LogP contribution in [0.2, 0.25) is 0 Å². The second-order valence-electron chi connectivity index (χ2n) is 4.52. The van der Waals surface area contributed by atoms with E-state index in [-0.39, 0.29) is 6.54 Å². The second-order valence-corrected chi connectivity index (χ2v) is 8.98. The number of halogens is 1. The second kappa shape index (κ2) is 5.88. The lowest BCUT2D eigenvalue weighted by atomic mass is 10.1. The zero-order valence-corrected chi connectivity index (χ0v) is 14.1. The van der Waals surface area contributed by atoms with Crippen LogP contribution in [0.5, 0.6) is 0 Å². The van der Waals surface area contributed by atoms with Crippen molar-refractivity contribution >= 4 is 48.1 Å². The van der Waals surface area contributed by atoms with Crippen molar-refractivity contribution in [3.63, 3.8) is 0 Å². The third kappa shape index (κ3) is 3.18. The van der Waals surface area contributed by atoms with Gasteiger partial charge in [-0.05, 0) is 44.4 Å². The van der Waals surface area contributed by atoms with E-state index in [2.05, 4.69) is 20.7 Å². The van der Waals surface area contributed by atoms with Gasteiger partial charge in [0, 0.05) is 6.54 Å². The van der Waals surface area contributed by atoms with E-state index in [1.54, 1.807) is 12.1 Å². The van der Waals surface area contributed by atoms with Crippen LogP contribution in [0.1, 0.15) is 5.56 Å². The summed E-state index contributed by atoms with van der Waals surface area (Å²) in [6.45, 7) is 0.277. The molecule has 0 fully saturated rings. The molecule has 3 aromatic rings. The summed E-state index contributed by atoms with van der Waals surface area (Å²) >= 11 is 4.48. The van der Waals surface area contributed by atoms with Crippen molar-refractivity contribution in [2.45, 2.75) is 10.8 Å². The Morgan fingerprint density at radius 1 is 1.00 bits per heavy atom. The zero-order valence-electron chi connectivity index (χ0n) is 10.9. The molecular weight excluding hydrogens is 370 g/mol. The van der Waals surface area contributed by atoms with Crippen LogP contribution in [0.25, 0.3) is 10.8 Å². The van der Waals surface area contributed by atoms with Gasteiger partial charge in [-0.15, -0.1) is 11.3 Å². The van der Waals surface area contributed by atoms with Crippen molar-refractivity contribution in [3.8, 4) is 0 Å². The highest BCUT2D eigenvalue weighted by Crippen LogP contribution is 2.26. The van der Waals surface area contributed by atoms with Gasteiger partial charge in [0.05, 0.1) is 3.79 Å². The van der Waals surface area contributed by atoms with Gasteiger partial charge in [0.2, 0.25) is 10.0 Å². The predicted octanol–water partition coefficient (Wildman–Crippen LogP) is 4.14. The summed E-state index contributed by atoms with van der Waals surface area (Å²) in [5.41, 5.74) is 0.965. The molecule has 0 aliphatic heterocycles. The summed E-state index contributed by atoms with van der Waals surface area (Å²) in [7, 11) is -3.47. The Morgan fingerprint density at radius 2 is 1.76 bits per heavy atom. The average molecular weight is 382 g/mol. The summed E-state index contributed by atoms with van der Waals surface area (Å²) in [5.74, 6) is 0. The molecule has 3 rings (SSSR count). The van der Waals surface area contributed by atoms with E-state index in [4.69, 9.17) is 0 Å². The van der Waals surface area contributed by atoms with Gasteiger partial charge in [-0.25, -0.2) is 13.1 Å². The standard InChI is InChI=1S/C15H12BrNO2S2/c16-14-8-9-15(20-14)21(18,19)17-10-12-6-3-5-11-4-1-2-7-13(11)12/h1-9,17H,10H2. The fraction of sp³-hybridized carbons (Fsp3) is 0.0667. The van der Waals surface area contributed by atoms with E-state index >= 15 is 0 Å². The summed E-state index contributed by atoms with van der Waals surface area (Å²) in [6, 6.07) is 17.2. The smallest absolute Gasteiger partial charge is 0.206 e. The molecule has 21 heavy (non-hydrogen) atoms. The van der Waals surface area contributed by atoms with E-state index in [0.29, 0.717) is 4.21 Å². The van der Waals surface area contributed by atoms with Gasteiger partial charge in [0.1, 0.15) is 4.21 Å². The minimum atomic E-state index is -3.47. The number of nitrogens with one attached hydrogen (secondary N) is 1. The minimum absolute atomic E-state index is 0.277. The van der Waals surface area contributed by atoms with Crippen LogP contribution < -0.4 is 4.72 Å². The summed E-state index contributed by atoms with van der Waals surface area (Å²) < 4.78 is 28.2. The molecule has 1 N–H and O–H groups in total. The largest absolute Gasteiger partial charge is 0.250 e. The molecule has 0 aliphatic rings. The first kappa shape index (κ1) is 14.7. The summed E-state index contributed by atoms with van der Waals surface area (Å²) in [4.78, 5) is 0. The van der Waals surface area contributed by atoms with Crippen molar-refractivity contribution in [3.05, 3.63) is 63.9 Å². The van der Waals surface area contributed by atoms with Crippen LogP contribution in [0.4, 0.5) is 0 Å². The lowest BCUT2D eigenvalue weighted by Gasteiger charge is -2.08. The first-order valence-electron chi connectivity index (χ1n) is 6.28. The molecule has 0 spiro atoms. The average Bonchev–Trinajstić information content (AvgIpc) is 2.93. The van der Waals surface area contributed by atoms with Gasteiger partial charge in [0.15, 0.2) is 0 Å². The molecule has 0 saturated carbocycles. The Morgan fingerprint density at radius 3 is 2.52 bits per heavy atom. The first-order chi connectivity index (χ1) is 10.1. The van der Waals surface area contributed by atoms with Crippen LogP contribution in [0.15, 0.2) is 62.6 Å². The maximum Gasteiger partial charge on any atom is 0.250 e. The number of fused-ring (bicyclic) bond motifs is 1. The molecule has 0 bridgehead atoms. The molecule has 0 atom stereocenters. The molecule has 0 unspecified atom stereocenters. The Bertz CT molecular complexity index is 882. The number of thiophene rings is 1. The molecular formula is C15H12BrNO2S2. The molecule has 0 amide bonds. The molecule has 108 valence electrons. The fourth-order valence-electron chi connectivity index (χ4n) is 2.13. The number of hydrogen-bond donors (Lipinski definition) is 1. The molecule has 1 aromatic heterocycles. The highest BCUT2D eigenvalue weighted by atomic mass is 79.9. The van der Waals surface area contributed by atoms with Gasteiger partial charge < -0.3 is 0 Å². The van der Waals surface area contributed by atoms with E-state index < -0.39 is 10.0 Å². The van der Waals surface area contributed by atoms with Crippen molar-refractivity contribution in [2.24, 2.45) is 0 Å². The van der Waals surface area contributed by atoms with E-state index in [1.807, 2.05) is 42.5 Å². The van der Waals surface area contributed by atoms with Gasteiger partial charge in [0.25, 0.3) is 0 Å². The van der Waals surface area contributed by atoms with Gasteiger partial charge in [-0.3, -0.25) is 0 Å². The molecule has 0 aliphatic carbocycles. The van der Waals surface area contributed by atoms with Crippen molar-refractivity contribution in [2.75, 3.05) is 0 Å². The van der Waals surface area contributed by atoms with Gasteiger partial charge in [-0.2, -0.15) is 0 Å². The van der Waals surface area contributed by atoms with Gasteiger partial charge in [-0.1, -0.05) is 42.5 Å². The van der Waals surface area contributed by atoms with Crippen LogP contribution in [-0.4, -0.2) is 8.42 Å². The Kier molecular flexibility index (Phi) is 4.12. The number of sulfonamides is 1. The summed E-state index contributed by atoms with van der Waals surface area (Å²) in [5, 5.41) is 2.17. The zero-order chi connectivity index (χ0) is 14.9. The number of rotatable bonds is 4. The molecule has 6 heteroatoms. The lowest BCUT2D eigenvalue weighted by molar-refractivity contribution is 0.583. The predicted molar refractivity (Wildman–Crippen MR) is 90.0 cm³/mol. The monoisotopic (exact) mass is 381 g/mol. The Balaban J connectivity index is 1.87. The first-order valence-corrected chi connectivity index (χ1v) is 9.37. The Labute approximate surface area is 135 Å². The van der Waals surface area contributed by atoms with Crippen molar-refractivity contribution in [1.82, 2.24) is 4.72 Å². The maximum absolute atomic E-state index is 12.2. The third-order valence-corrected chi connectivity index (χ3v) is 6.66. The lowest BCUT2D eigenvalue weighted by Crippen LogP contribution is -2.22. The van der Waals surface area contributed by atoms with Gasteiger partial charge >= 0.3 is 0 Å². The molecule has 0 radical (unpaired) electrons. The minimum Gasteiger partial charge on any atom is -0.206 e. The fourth-order valence-corrected chi connectivity index (χ4v) is 5.19. The van der Waals surface area contributed by atoms with Crippen LogP contribution >= 0.6 is 27.3 Å². The Hall–Kier alpha value is -1.21. The summed E-state index contributed by atoms with van der Waals surface area (Å²) in [6.07, 6.45) is 0. The normalized spacial score (nSPS) is 11.9. The molecule has 1 heterocycles. The highest BCUT2D eigenvalue weighted by molar-refractivity contribution is 9.11. The topological polar surface area (TPSA) is 46.2 Å². The quantitative estimate of drug-likeness (QED) is 0.737. The molecule has 2 aromatic carbocycles. The van der Waals surface area contributed by atoms with Crippen LogP contribution in [0, 0.1) is 0 Å². The van der Waals surface area contributed by atoms with Crippen LogP contribution in [-0.2, 0) is 16.6 Å². The van der Waals surface area contributed by atoms with Crippen LogP contribution in [0.3, 0.4) is 0 Å². The number of hydrogen-bond acceptors (Lipinski definition) is 3. The van der Waals surface area contributed by atoms with Crippen molar-refractivity contribution < 1.29 is 8.42 Å².